The Morgan fingerprint density at radius 1 is 1.38 bits per heavy atom. The number of nitrogens with one attached hydrogen (secondary N) is 2. The highest BCUT2D eigenvalue weighted by atomic mass is 14.5. The lowest BCUT2D eigenvalue weighted by Gasteiger charge is -1.84. The van der Waals surface area contributed by atoms with Crippen molar-refractivity contribution < 1.29 is 0 Å². The predicted octanol–water partition coefficient (Wildman–Crippen LogP) is 1.36. The van der Waals surface area contributed by atoms with Gasteiger partial charge in [0, 0.05) is 11.3 Å². The first-order chi connectivity index (χ1) is 3.84. The summed E-state index contributed by atoms with van der Waals surface area (Å²) in [6.45, 7) is 0. The van der Waals surface area contributed by atoms with E-state index in [1.54, 1.807) is 0 Å². The number of hydrogen-bond donors (Lipinski definition) is 2. The summed E-state index contributed by atoms with van der Waals surface area (Å²) in [5, 5.41) is 13.9. The molecule has 2 nitrogen and oxygen atoms in total. The van der Waals surface area contributed by atoms with E-state index in [0.29, 0.717) is 5.71 Å². The standard InChI is InChI=1S/C6H8N2/c7-4-5-2-1-3-6(5)8/h7-8H,1-3H2. The maximum atomic E-state index is 7.19. The monoisotopic (exact) mass is 108 g/mol. The van der Waals surface area contributed by atoms with E-state index < -0.39 is 0 Å². The van der Waals surface area contributed by atoms with Gasteiger partial charge in [0.1, 0.15) is 0 Å². The number of rotatable bonds is 0. The Bertz CT molecular complexity index is 163. The van der Waals surface area contributed by atoms with Gasteiger partial charge in [-0.05, 0) is 25.1 Å². The summed E-state index contributed by atoms with van der Waals surface area (Å²) in [4.78, 5) is 0. The topological polar surface area (TPSA) is 47.7 Å². The summed E-state index contributed by atoms with van der Waals surface area (Å²) < 4.78 is 0. The Labute approximate surface area is 48.2 Å². The molecule has 2 N–H and O–H groups in total. The normalized spacial score (nSPS) is 19.0. The molecule has 1 aliphatic rings. The second kappa shape index (κ2) is 1.93. The van der Waals surface area contributed by atoms with Gasteiger partial charge >= 0.3 is 0 Å². The van der Waals surface area contributed by atoms with Crippen molar-refractivity contribution in [1.29, 1.82) is 10.8 Å². The van der Waals surface area contributed by atoms with Crippen LogP contribution in [0.15, 0.2) is 5.57 Å². The van der Waals surface area contributed by atoms with Crippen molar-refractivity contribution in [3.63, 3.8) is 0 Å². The molecule has 42 valence electrons. The molecule has 0 atom stereocenters. The van der Waals surface area contributed by atoms with E-state index in [2.05, 4.69) is 5.87 Å². The van der Waals surface area contributed by atoms with Gasteiger partial charge in [0.05, 0.1) is 0 Å². The van der Waals surface area contributed by atoms with Gasteiger partial charge in [-0.1, -0.05) is 0 Å². The summed E-state index contributed by atoms with van der Waals surface area (Å²) in [7, 11) is 0. The van der Waals surface area contributed by atoms with Crippen LogP contribution in [0.4, 0.5) is 0 Å². The molecule has 8 heavy (non-hydrogen) atoms. The molecule has 0 amide bonds. The van der Waals surface area contributed by atoms with Crippen molar-refractivity contribution in [1.82, 2.24) is 0 Å². The van der Waals surface area contributed by atoms with Crippen LogP contribution < -0.4 is 0 Å². The minimum atomic E-state index is 0.611. The van der Waals surface area contributed by atoms with Crippen molar-refractivity contribution >= 4 is 11.6 Å². The summed E-state index contributed by atoms with van der Waals surface area (Å²) in [6, 6.07) is 0. The average Bonchev–Trinajstić information content (AvgIpc) is 2.14. The van der Waals surface area contributed by atoms with E-state index in [1.165, 1.54) is 0 Å². The van der Waals surface area contributed by atoms with Gasteiger partial charge < -0.3 is 5.41 Å². The lowest BCUT2D eigenvalue weighted by molar-refractivity contribution is 0.949. The molecular formula is C6H8N2. The smallest absolute Gasteiger partial charge is 0.0438 e. The first-order valence-corrected chi connectivity index (χ1v) is 2.71. The van der Waals surface area contributed by atoms with Crippen molar-refractivity contribution in [2.24, 2.45) is 0 Å². The fourth-order valence-electron chi connectivity index (χ4n) is 0.882. The highest BCUT2D eigenvalue weighted by Gasteiger charge is 2.11. The molecule has 2 heteroatoms. The molecule has 0 radical (unpaired) electrons. The zero-order valence-electron chi connectivity index (χ0n) is 4.62. The molecule has 0 bridgehead atoms. The van der Waals surface area contributed by atoms with Crippen LogP contribution >= 0.6 is 0 Å². The molecule has 0 aromatic carbocycles. The quantitative estimate of drug-likeness (QED) is 0.440. The average molecular weight is 108 g/mol. The Kier molecular flexibility index (Phi) is 1.27. The molecule has 0 saturated heterocycles. The molecule has 0 heterocycles. The molecule has 0 aromatic heterocycles. The first kappa shape index (κ1) is 5.26. The van der Waals surface area contributed by atoms with E-state index in [4.69, 9.17) is 10.8 Å². The van der Waals surface area contributed by atoms with Gasteiger partial charge in [0.2, 0.25) is 0 Å². The summed E-state index contributed by atoms with van der Waals surface area (Å²) >= 11 is 0. The lowest BCUT2D eigenvalue weighted by Crippen LogP contribution is -1.88. The largest absolute Gasteiger partial charge is 0.304 e. The molecule has 0 unspecified atom stereocenters. The summed E-state index contributed by atoms with van der Waals surface area (Å²) in [5.41, 5.74) is 1.41. The van der Waals surface area contributed by atoms with Crippen molar-refractivity contribution in [2.45, 2.75) is 19.3 Å². The third-order valence-corrected chi connectivity index (χ3v) is 1.37. The van der Waals surface area contributed by atoms with Crippen LogP contribution in [0, 0.1) is 10.8 Å². The zero-order chi connectivity index (χ0) is 5.98. The Morgan fingerprint density at radius 2 is 2.12 bits per heavy atom. The second-order valence-corrected chi connectivity index (χ2v) is 1.94. The Morgan fingerprint density at radius 3 is 2.38 bits per heavy atom. The van der Waals surface area contributed by atoms with Gasteiger partial charge in [-0.25, -0.2) is 0 Å². The first-order valence-electron chi connectivity index (χ1n) is 2.71. The van der Waals surface area contributed by atoms with Crippen LogP contribution in [0.2, 0.25) is 0 Å². The van der Waals surface area contributed by atoms with Crippen LogP contribution in [0.25, 0.3) is 0 Å². The maximum absolute atomic E-state index is 7.19. The van der Waals surface area contributed by atoms with Crippen LogP contribution in [0.1, 0.15) is 19.3 Å². The maximum Gasteiger partial charge on any atom is 0.0438 e. The van der Waals surface area contributed by atoms with E-state index in [-0.39, 0.29) is 0 Å². The van der Waals surface area contributed by atoms with E-state index >= 15 is 0 Å². The SMILES string of the molecule is N=C=C1CCCC1=N. The van der Waals surface area contributed by atoms with Gasteiger partial charge in [-0.2, -0.15) is 0 Å². The highest BCUT2D eigenvalue weighted by Crippen LogP contribution is 2.17. The molecule has 1 rings (SSSR count). The zero-order valence-corrected chi connectivity index (χ0v) is 4.62. The van der Waals surface area contributed by atoms with Crippen molar-refractivity contribution in [3.05, 3.63) is 5.57 Å². The van der Waals surface area contributed by atoms with Crippen LogP contribution in [-0.4, -0.2) is 11.6 Å². The Hall–Kier alpha value is -0.880. The molecular weight excluding hydrogens is 100 g/mol. The van der Waals surface area contributed by atoms with E-state index in [0.717, 1.165) is 24.8 Å². The summed E-state index contributed by atoms with van der Waals surface area (Å²) in [5.74, 6) is 2.26. The van der Waals surface area contributed by atoms with E-state index in [9.17, 15) is 0 Å². The number of allylic oxidation sites excluding steroid dienone is 1. The third-order valence-electron chi connectivity index (χ3n) is 1.37. The minimum absolute atomic E-state index is 0.611. The van der Waals surface area contributed by atoms with Crippen molar-refractivity contribution in [3.8, 4) is 0 Å². The van der Waals surface area contributed by atoms with Crippen LogP contribution in [0.5, 0.6) is 0 Å². The van der Waals surface area contributed by atoms with Crippen molar-refractivity contribution in [2.75, 3.05) is 0 Å². The molecule has 0 aliphatic heterocycles. The molecule has 1 fully saturated rings. The minimum Gasteiger partial charge on any atom is -0.304 e. The van der Waals surface area contributed by atoms with Gasteiger partial charge in [0.15, 0.2) is 0 Å². The Balaban J connectivity index is 2.84. The third kappa shape index (κ3) is 0.703. The fourth-order valence-corrected chi connectivity index (χ4v) is 0.882. The van der Waals surface area contributed by atoms with Gasteiger partial charge in [0.25, 0.3) is 0 Å². The molecule has 1 saturated carbocycles. The summed E-state index contributed by atoms with van der Waals surface area (Å²) in [6.07, 6.45) is 2.78. The molecule has 0 spiro atoms. The highest BCUT2D eigenvalue weighted by molar-refractivity contribution is 6.06. The fraction of sp³-hybridized carbons (Fsp3) is 0.500. The number of hydrogen-bond acceptors (Lipinski definition) is 2. The predicted molar refractivity (Wildman–Crippen MR) is 32.8 cm³/mol. The second-order valence-electron chi connectivity index (χ2n) is 1.94. The van der Waals surface area contributed by atoms with Crippen LogP contribution in [0.3, 0.4) is 0 Å². The molecule has 0 aromatic rings. The van der Waals surface area contributed by atoms with E-state index in [1.807, 2.05) is 0 Å². The van der Waals surface area contributed by atoms with Crippen LogP contribution in [-0.2, 0) is 0 Å². The molecule has 1 aliphatic carbocycles. The van der Waals surface area contributed by atoms with Gasteiger partial charge in [-0.15, -0.1) is 0 Å². The lowest BCUT2D eigenvalue weighted by atomic mass is 10.2. The van der Waals surface area contributed by atoms with Gasteiger partial charge in [-0.3, -0.25) is 5.41 Å².